The molecule has 0 saturated heterocycles. The van der Waals surface area contributed by atoms with Crippen molar-refractivity contribution in [3.05, 3.63) is 42.1 Å². The molecule has 1 unspecified atom stereocenters. The van der Waals surface area contributed by atoms with E-state index in [1.807, 2.05) is 30.3 Å². The van der Waals surface area contributed by atoms with Crippen LogP contribution in [0.3, 0.4) is 0 Å². The van der Waals surface area contributed by atoms with Crippen LogP contribution in [-0.2, 0) is 9.47 Å². The Kier molecular flexibility index (Phi) is 4.22. The number of benzene rings is 1. The van der Waals surface area contributed by atoms with Gasteiger partial charge in [-0.05, 0) is 17.7 Å². The molecule has 3 N–H and O–H groups in total. The summed E-state index contributed by atoms with van der Waals surface area (Å²) in [4.78, 5) is 4.32. The molecule has 0 aliphatic rings. The normalized spacial score (nSPS) is 13.1. The highest BCUT2D eigenvalue weighted by molar-refractivity contribution is 5.82. The van der Waals surface area contributed by atoms with E-state index >= 15 is 0 Å². The Morgan fingerprint density at radius 1 is 1.17 bits per heavy atom. The Hall–Kier alpha value is -1.53. The standard InChI is InChI=1S/C13H17N3O2/c1-17-13(18-2)12(16-14)10-5-3-7-11-9(10)6-4-8-15-11/h3-8,12-13,16H,14H2,1-2H3. The Bertz CT molecular complexity index is 509. The highest BCUT2D eigenvalue weighted by Gasteiger charge is 2.23. The molecule has 1 aromatic heterocycles. The van der Waals surface area contributed by atoms with Crippen LogP contribution < -0.4 is 11.3 Å². The van der Waals surface area contributed by atoms with Gasteiger partial charge < -0.3 is 9.47 Å². The fraction of sp³-hybridized carbons (Fsp3) is 0.308. The summed E-state index contributed by atoms with van der Waals surface area (Å²) < 4.78 is 10.5. The fourth-order valence-corrected chi connectivity index (χ4v) is 2.08. The highest BCUT2D eigenvalue weighted by Crippen LogP contribution is 2.26. The van der Waals surface area contributed by atoms with Crippen molar-refractivity contribution in [2.75, 3.05) is 14.2 Å². The van der Waals surface area contributed by atoms with E-state index in [2.05, 4.69) is 10.4 Å². The average Bonchev–Trinajstić information content (AvgIpc) is 2.44. The molecule has 1 atom stereocenters. The minimum atomic E-state index is -0.458. The highest BCUT2D eigenvalue weighted by atomic mass is 16.7. The van der Waals surface area contributed by atoms with Gasteiger partial charge in [0, 0.05) is 25.8 Å². The van der Waals surface area contributed by atoms with Gasteiger partial charge in [0.05, 0.1) is 11.6 Å². The van der Waals surface area contributed by atoms with Gasteiger partial charge in [-0.1, -0.05) is 18.2 Å². The summed E-state index contributed by atoms with van der Waals surface area (Å²) in [5, 5.41) is 1.03. The van der Waals surface area contributed by atoms with Crippen LogP contribution >= 0.6 is 0 Å². The third-order valence-corrected chi connectivity index (χ3v) is 2.93. The van der Waals surface area contributed by atoms with Gasteiger partial charge in [-0.3, -0.25) is 10.8 Å². The summed E-state index contributed by atoms with van der Waals surface area (Å²) in [5.41, 5.74) is 4.65. The van der Waals surface area contributed by atoms with E-state index in [0.29, 0.717) is 0 Å². The average molecular weight is 247 g/mol. The lowest BCUT2D eigenvalue weighted by Gasteiger charge is -2.25. The van der Waals surface area contributed by atoms with E-state index in [0.717, 1.165) is 16.5 Å². The van der Waals surface area contributed by atoms with Crippen LogP contribution in [0.1, 0.15) is 11.6 Å². The molecule has 5 heteroatoms. The van der Waals surface area contributed by atoms with E-state index in [9.17, 15) is 0 Å². The molecular formula is C13H17N3O2. The molecule has 0 aliphatic carbocycles. The summed E-state index contributed by atoms with van der Waals surface area (Å²) in [7, 11) is 3.17. The number of methoxy groups -OCH3 is 2. The number of hydrogen-bond donors (Lipinski definition) is 2. The summed E-state index contributed by atoms with van der Waals surface area (Å²) >= 11 is 0. The maximum Gasteiger partial charge on any atom is 0.177 e. The number of hydrogen-bond acceptors (Lipinski definition) is 5. The second-order valence-electron chi connectivity index (χ2n) is 3.90. The van der Waals surface area contributed by atoms with Crippen LogP contribution in [0.25, 0.3) is 10.9 Å². The number of ether oxygens (including phenoxy) is 2. The van der Waals surface area contributed by atoms with Crippen molar-refractivity contribution in [1.82, 2.24) is 10.4 Å². The van der Waals surface area contributed by atoms with Crippen molar-refractivity contribution in [1.29, 1.82) is 0 Å². The minimum Gasteiger partial charge on any atom is -0.354 e. The van der Waals surface area contributed by atoms with E-state index < -0.39 is 6.29 Å². The molecule has 0 bridgehead atoms. The number of fused-ring (bicyclic) bond motifs is 1. The largest absolute Gasteiger partial charge is 0.354 e. The smallest absolute Gasteiger partial charge is 0.177 e. The Morgan fingerprint density at radius 2 is 1.94 bits per heavy atom. The molecular weight excluding hydrogens is 230 g/mol. The van der Waals surface area contributed by atoms with Gasteiger partial charge in [0.25, 0.3) is 0 Å². The number of rotatable bonds is 5. The molecule has 0 fully saturated rings. The van der Waals surface area contributed by atoms with Crippen LogP contribution in [0.15, 0.2) is 36.5 Å². The molecule has 5 nitrogen and oxygen atoms in total. The summed E-state index contributed by atoms with van der Waals surface area (Å²) in [6, 6.07) is 9.53. The van der Waals surface area contributed by atoms with E-state index in [-0.39, 0.29) is 6.04 Å². The Morgan fingerprint density at radius 3 is 2.61 bits per heavy atom. The zero-order valence-electron chi connectivity index (χ0n) is 10.5. The van der Waals surface area contributed by atoms with Gasteiger partial charge in [0.15, 0.2) is 6.29 Å². The molecule has 0 aliphatic heterocycles. The quantitative estimate of drug-likeness (QED) is 0.474. The van der Waals surface area contributed by atoms with Crippen LogP contribution in [0.2, 0.25) is 0 Å². The summed E-state index contributed by atoms with van der Waals surface area (Å²) in [6.07, 6.45) is 1.31. The molecule has 0 spiro atoms. The molecule has 1 heterocycles. The van der Waals surface area contributed by atoms with Crippen LogP contribution in [0.5, 0.6) is 0 Å². The van der Waals surface area contributed by atoms with Crippen LogP contribution in [-0.4, -0.2) is 25.5 Å². The van der Waals surface area contributed by atoms with E-state index in [1.165, 1.54) is 0 Å². The molecule has 18 heavy (non-hydrogen) atoms. The van der Waals surface area contributed by atoms with Gasteiger partial charge in [-0.15, -0.1) is 0 Å². The number of hydrazine groups is 1. The lowest BCUT2D eigenvalue weighted by Crippen LogP contribution is -2.38. The van der Waals surface area contributed by atoms with Crippen molar-refractivity contribution in [3.8, 4) is 0 Å². The van der Waals surface area contributed by atoms with E-state index in [1.54, 1.807) is 20.4 Å². The van der Waals surface area contributed by atoms with Crippen molar-refractivity contribution in [2.45, 2.75) is 12.3 Å². The van der Waals surface area contributed by atoms with Crippen molar-refractivity contribution < 1.29 is 9.47 Å². The molecule has 2 rings (SSSR count). The molecule has 0 amide bonds. The predicted octanol–water partition coefficient (Wildman–Crippen LogP) is 1.36. The topological polar surface area (TPSA) is 69.4 Å². The zero-order valence-corrected chi connectivity index (χ0v) is 10.5. The lowest BCUT2D eigenvalue weighted by molar-refractivity contribution is -0.124. The van der Waals surface area contributed by atoms with Crippen LogP contribution in [0.4, 0.5) is 0 Å². The van der Waals surface area contributed by atoms with Gasteiger partial charge in [0.1, 0.15) is 0 Å². The molecule has 2 aromatic rings. The van der Waals surface area contributed by atoms with Crippen LogP contribution in [0, 0.1) is 0 Å². The zero-order chi connectivity index (χ0) is 13.0. The maximum atomic E-state index is 5.62. The van der Waals surface area contributed by atoms with Crippen molar-refractivity contribution in [2.24, 2.45) is 5.84 Å². The van der Waals surface area contributed by atoms with Gasteiger partial charge in [-0.2, -0.15) is 0 Å². The monoisotopic (exact) mass is 247 g/mol. The second kappa shape index (κ2) is 5.88. The number of nitrogens with two attached hydrogens (primary N) is 1. The molecule has 96 valence electrons. The maximum absolute atomic E-state index is 5.62. The first kappa shape index (κ1) is 12.9. The third kappa shape index (κ3) is 2.34. The lowest BCUT2D eigenvalue weighted by atomic mass is 10.0. The van der Waals surface area contributed by atoms with E-state index in [4.69, 9.17) is 15.3 Å². The SMILES string of the molecule is COC(OC)C(NN)c1cccc2ncccc12. The fourth-order valence-electron chi connectivity index (χ4n) is 2.08. The third-order valence-electron chi connectivity index (χ3n) is 2.93. The summed E-state index contributed by atoms with van der Waals surface area (Å²) in [6.45, 7) is 0. The first-order valence-corrected chi connectivity index (χ1v) is 5.67. The molecule has 1 aromatic carbocycles. The van der Waals surface area contributed by atoms with Gasteiger partial charge in [-0.25, -0.2) is 5.43 Å². The first-order chi connectivity index (χ1) is 8.81. The Labute approximate surface area is 106 Å². The number of nitrogens with one attached hydrogen (secondary N) is 1. The molecule has 0 saturated carbocycles. The molecule has 0 radical (unpaired) electrons. The van der Waals surface area contributed by atoms with Gasteiger partial charge in [0.2, 0.25) is 0 Å². The van der Waals surface area contributed by atoms with Gasteiger partial charge >= 0.3 is 0 Å². The minimum absolute atomic E-state index is 0.257. The Balaban J connectivity index is 2.51. The second-order valence-corrected chi connectivity index (χ2v) is 3.90. The van der Waals surface area contributed by atoms with Crippen molar-refractivity contribution >= 4 is 10.9 Å². The predicted molar refractivity (Wildman–Crippen MR) is 69.6 cm³/mol. The number of nitrogens with zero attached hydrogens (tertiary/aromatic N) is 1. The summed E-state index contributed by atoms with van der Waals surface area (Å²) in [5.74, 6) is 5.62. The van der Waals surface area contributed by atoms with Crippen molar-refractivity contribution in [3.63, 3.8) is 0 Å². The number of pyridine rings is 1. The number of aromatic nitrogens is 1. The first-order valence-electron chi connectivity index (χ1n) is 5.67.